The predicted octanol–water partition coefficient (Wildman–Crippen LogP) is 9.32. The highest BCUT2D eigenvalue weighted by Gasteiger charge is 2.21. The lowest BCUT2D eigenvalue weighted by atomic mass is 9.77. The second-order valence-corrected chi connectivity index (χ2v) is 10.2. The van der Waals surface area contributed by atoms with Crippen molar-refractivity contribution in [1.29, 1.82) is 0 Å². The summed E-state index contributed by atoms with van der Waals surface area (Å²) in [6.07, 6.45) is 27.4. The molecule has 0 spiro atoms. The Morgan fingerprint density at radius 2 is 1.32 bits per heavy atom. The zero-order valence-electron chi connectivity index (χ0n) is 19.4. The topological polar surface area (TPSA) is 9.23 Å². The first-order valence-corrected chi connectivity index (χ1v) is 14.0. The Kier molecular flexibility index (Phi) is 18.3. The fourth-order valence-corrected chi connectivity index (χ4v) is 5.87. The quantitative estimate of drug-likeness (QED) is 0.197. The van der Waals surface area contributed by atoms with Crippen molar-refractivity contribution in [2.24, 2.45) is 17.8 Å². The molecule has 0 aromatic rings. The molecule has 28 heavy (non-hydrogen) atoms. The summed E-state index contributed by atoms with van der Waals surface area (Å²) >= 11 is 3.76. The van der Waals surface area contributed by atoms with Gasteiger partial charge >= 0.3 is 0 Å². The van der Waals surface area contributed by atoms with Crippen LogP contribution in [0.1, 0.15) is 129 Å². The summed E-state index contributed by atoms with van der Waals surface area (Å²) in [4.78, 5) is 0. The monoisotopic (exact) mass is 458 g/mol. The van der Waals surface area contributed by atoms with Crippen LogP contribution >= 0.6 is 15.9 Å². The van der Waals surface area contributed by atoms with E-state index >= 15 is 0 Å². The average Bonchev–Trinajstić information content (AvgIpc) is 2.70. The van der Waals surface area contributed by atoms with E-state index in [1.54, 1.807) is 0 Å². The molecular weight excluding hydrogens is 408 g/mol. The Bertz CT molecular complexity index is 318. The highest BCUT2D eigenvalue weighted by atomic mass is 79.9. The third kappa shape index (κ3) is 13.6. The van der Waals surface area contributed by atoms with Gasteiger partial charge in [0.25, 0.3) is 0 Å². The van der Waals surface area contributed by atoms with Crippen molar-refractivity contribution < 1.29 is 4.74 Å². The highest BCUT2D eigenvalue weighted by Crippen LogP contribution is 2.34. The molecule has 3 atom stereocenters. The molecule has 1 rings (SSSR count). The van der Waals surface area contributed by atoms with Crippen molar-refractivity contribution in [1.82, 2.24) is 0 Å². The maximum Gasteiger partial charge on any atom is 0.0462 e. The molecule has 2 heteroatoms. The van der Waals surface area contributed by atoms with E-state index in [1.807, 2.05) is 7.11 Å². The summed E-state index contributed by atoms with van der Waals surface area (Å²) < 4.78 is 5.30. The smallest absolute Gasteiger partial charge is 0.0462 e. The Balaban J connectivity index is 2.53. The van der Waals surface area contributed by atoms with Gasteiger partial charge in [-0.25, -0.2) is 0 Å². The lowest BCUT2D eigenvalue weighted by molar-refractivity contribution is 0.181. The van der Waals surface area contributed by atoms with Crippen LogP contribution in [0.15, 0.2) is 0 Å². The van der Waals surface area contributed by atoms with Gasteiger partial charge in [-0.3, -0.25) is 0 Å². The number of halogens is 1. The van der Waals surface area contributed by atoms with Crippen molar-refractivity contribution in [3.63, 3.8) is 0 Å². The lowest BCUT2D eigenvalue weighted by Crippen LogP contribution is -2.17. The Labute approximate surface area is 186 Å². The van der Waals surface area contributed by atoms with Gasteiger partial charge in [-0.2, -0.15) is 0 Å². The standard InChI is InChI=1S/C26H51BrO/c1-3-4-5-6-10-18-26(21-14-15-22-28-2)25-19-11-8-7-9-16-24(23-27)17-12-13-20-25/h24-26H,3-23H2,1-2H3. The lowest BCUT2D eigenvalue weighted by Gasteiger charge is -2.29. The minimum absolute atomic E-state index is 0.932. The second kappa shape index (κ2) is 19.4. The molecule has 1 nitrogen and oxygen atoms in total. The summed E-state index contributed by atoms with van der Waals surface area (Å²) in [6, 6.07) is 0. The molecule has 0 bridgehead atoms. The van der Waals surface area contributed by atoms with Crippen LogP contribution in [-0.2, 0) is 4.74 Å². The average molecular weight is 460 g/mol. The van der Waals surface area contributed by atoms with Gasteiger partial charge in [0.15, 0.2) is 0 Å². The van der Waals surface area contributed by atoms with Crippen LogP contribution in [0.3, 0.4) is 0 Å². The van der Waals surface area contributed by atoms with E-state index in [0.29, 0.717) is 0 Å². The highest BCUT2D eigenvalue weighted by molar-refractivity contribution is 9.09. The fraction of sp³-hybridized carbons (Fsp3) is 1.00. The molecule has 0 aliphatic heterocycles. The molecule has 1 aliphatic carbocycles. The number of hydrogen-bond donors (Lipinski definition) is 0. The van der Waals surface area contributed by atoms with E-state index in [0.717, 1.165) is 24.4 Å². The van der Waals surface area contributed by atoms with Crippen LogP contribution in [0.4, 0.5) is 0 Å². The number of unbranched alkanes of at least 4 members (excludes halogenated alkanes) is 5. The molecule has 168 valence electrons. The van der Waals surface area contributed by atoms with Crippen molar-refractivity contribution >= 4 is 15.9 Å². The van der Waals surface area contributed by atoms with Gasteiger partial charge in [0, 0.05) is 19.0 Å². The van der Waals surface area contributed by atoms with Crippen LogP contribution in [0.2, 0.25) is 0 Å². The van der Waals surface area contributed by atoms with Crippen molar-refractivity contribution in [2.75, 3.05) is 19.0 Å². The third-order valence-corrected chi connectivity index (χ3v) is 8.03. The maximum absolute atomic E-state index is 5.30. The van der Waals surface area contributed by atoms with Crippen molar-refractivity contribution in [3.8, 4) is 0 Å². The second-order valence-electron chi connectivity index (χ2n) is 9.51. The zero-order chi connectivity index (χ0) is 20.3. The van der Waals surface area contributed by atoms with Gasteiger partial charge < -0.3 is 4.74 Å². The van der Waals surface area contributed by atoms with Gasteiger partial charge in [0.1, 0.15) is 0 Å². The summed E-state index contributed by atoms with van der Waals surface area (Å²) in [6.45, 7) is 3.27. The van der Waals surface area contributed by atoms with Crippen LogP contribution < -0.4 is 0 Å². The van der Waals surface area contributed by atoms with E-state index in [2.05, 4.69) is 22.9 Å². The molecule has 1 aliphatic rings. The van der Waals surface area contributed by atoms with Gasteiger partial charge in [0.2, 0.25) is 0 Å². The predicted molar refractivity (Wildman–Crippen MR) is 130 cm³/mol. The number of hydrogen-bond acceptors (Lipinski definition) is 1. The first kappa shape index (κ1) is 26.5. The number of ether oxygens (including phenoxy) is 1. The third-order valence-electron chi connectivity index (χ3n) is 7.11. The first-order valence-electron chi connectivity index (χ1n) is 12.9. The fourth-order valence-electron chi connectivity index (χ4n) is 5.23. The summed E-state index contributed by atoms with van der Waals surface area (Å²) in [5.41, 5.74) is 0. The Hall–Kier alpha value is 0.440. The molecule has 1 saturated carbocycles. The van der Waals surface area contributed by atoms with Crippen molar-refractivity contribution in [3.05, 3.63) is 0 Å². The number of methoxy groups -OCH3 is 1. The van der Waals surface area contributed by atoms with E-state index in [-0.39, 0.29) is 0 Å². The van der Waals surface area contributed by atoms with Crippen molar-refractivity contribution in [2.45, 2.75) is 129 Å². The molecule has 0 saturated heterocycles. The molecule has 0 aromatic carbocycles. The largest absolute Gasteiger partial charge is 0.385 e. The van der Waals surface area contributed by atoms with E-state index in [1.165, 1.54) is 127 Å². The van der Waals surface area contributed by atoms with Crippen LogP contribution in [0.5, 0.6) is 0 Å². The number of alkyl halides is 1. The Morgan fingerprint density at radius 3 is 1.96 bits per heavy atom. The molecule has 1 fully saturated rings. The zero-order valence-corrected chi connectivity index (χ0v) is 21.0. The molecular formula is C26H51BrO. The van der Waals surface area contributed by atoms with Crippen LogP contribution in [0, 0.1) is 17.8 Å². The molecule has 0 amide bonds. The minimum atomic E-state index is 0.932. The molecule has 0 radical (unpaired) electrons. The van der Waals surface area contributed by atoms with Gasteiger partial charge in [0.05, 0.1) is 0 Å². The van der Waals surface area contributed by atoms with Gasteiger partial charge in [-0.15, -0.1) is 0 Å². The normalized spacial score (nSPS) is 23.7. The van der Waals surface area contributed by atoms with E-state index in [9.17, 15) is 0 Å². The van der Waals surface area contributed by atoms with Gasteiger partial charge in [-0.05, 0) is 37.0 Å². The van der Waals surface area contributed by atoms with Gasteiger partial charge in [-0.1, -0.05) is 126 Å². The van der Waals surface area contributed by atoms with Crippen LogP contribution in [-0.4, -0.2) is 19.0 Å². The summed E-state index contributed by atoms with van der Waals surface area (Å²) in [7, 11) is 1.85. The Morgan fingerprint density at radius 1 is 0.750 bits per heavy atom. The van der Waals surface area contributed by atoms with Crippen LogP contribution in [0.25, 0.3) is 0 Å². The summed E-state index contributed by atoms with van der Waals surface area (Å²) in [5, 5.41) is 1.22. The summed E-state index contributed by atoms with van der Waals surface area (Å²) in [5.74, 6) is 2.91. The van der Waals surface area contributed by atoms with E-state index in [4.69, 9.17) is 4.74 Å². The SMILES string of the molecule is CCCCCCCC(CCCCOC)C1CCCCCCC(CBr)CCCC1. The molecule has 0 N–H and O–H groups in total. The number of rotatable bonds is 13. The molecule has 0 aromatic heterocycles. The minimum Gasteiger partial charge on any atom is -0.385 e. The molecule has 0 heterocycles. The maximum atomic E-state index is 5.30. The molecule has 3 unspecified atom stereocenters. The first-order chi connectivity index (χ1) is 13.8. The van der Waals surface area contributed by atoms with E-state index < -0.39 is 0 Å².